The molecule has 0 unspecified atom stereocenters. The van der Waals surface area contributed by atoms with Crippen LogP contribution in [0.1, 0.15) is 21.8 Å². The maximum absolute atomic E-state index is 11.1. The molecule has 4 nitrogen and oxygen atoms in total. The van der Waals surface area contributed by atoms with E-state index in [4.69, 9.17) is 4.74 Å². The van der Waals surface area contributed by atoms with Crippen molar-refractivity contribution in [3.63, 3.8) is 0 Å². The number of aromatic nitrogens is 2. The van der Waals surface area contributed by atoms with E-state index >= 15 is 0 Å². The normalized spacial score (nSPS) is 9.64. The first-order chi connectivity index (χ1) is 5.25. The first-order valence-electron chi connectivity index (χ1n) is 3.21. The van der Waals surface area contributed by atoms with Gasteiger partial charge in [0, 0.05) is 0 Å². The number of hydrogen-bond donors (Lipinski definition) is 0. The molecule has 1 heterocycles. The molecular weight excluding hydrogens is 211 g/mol. The summed E-state index contributed by atoms with van der Waals surface area (Å²) in [5, 5.41) is 3.75. The molecule has 0 N–H and O–H groups in total. The molecule has 0 saturated carbocycles. The van der Waals surface area contributed by atoms with Gasteiger partial charge < -0.3 is 0 Å². The zero-order valence-electron chi connectivity index (χ0n) is 6.33. The van der Waals surface area contributed by atoms with Crippen LogP contribution in [-0.4, -0.2) is 36.5 Å². The van der Waals surface area contributed by atoms with Gasteiger partial charge in [0.05, 0.1) is 0 Å². The van der Waals surface area contributed by atoms with Gasteiger partial charge in [-0.2, -0.15) is 0 Å². The third-order valence-electron chi connectivity index (χ3n) is 1.11. The van der Waals surface area contributed by atoms with Crippen molar-refractivity contribution in [1.29, 1.82) is 0 Å². The van der Waals surface area contributed by atoms with Gasteiger partial charge in [0.1, 0.15) is 0 Å². The third kappa shape index (κ3) is 1.88. The van der Waals surface area contributed by atoms with Crippen LogP contribution in [0.5, 0.6) is 0 Å². The van der Waals surface area contributed by atoms with Crippen LogP contribution in [0.25, 0.3) is 0 Å². The second-order valence-corrected chi connectivity index (χ2v) is 3.49. The number of esters is 1. The predicted molar refractivity (Wildman–Crippen MR) is 39.7 cm³/mol. The summed E-state index contributed by atoms with van der Waals surface area (Å²) in [4.78, 5) is 11.1. The molecule has 0 saturated heterocycles. The van der Waals surface area contributed by atoms with Gasteiger partial charge in [-0.15, -0.1) is 0 Å². The summed E-state index contributed by atoms with van der Waals surface area (Å²) in [7, 11) is 0. The van der Waals surface area contributed by atoms with E-state index in [1.807, 2.05) is 0 Å². The topological polar surface area (TPSA) is 52.1 Å². The number of aryl methyl sites for hydroxylation is 1. The van der Waals surface area contributed by atoms with Crippen molar-refractivity contribution in [3.8, 4) is 0 Å². The molecule has 5 heteroatoms. The average molecular weight is 219 g/mol. The molecule has 0 spiro atoms. The van der Waals surface area contributed by atoms with Gasteiger partial charge in [0.25, 0.3) is 0 Å². The Morgan fingerprint density at radius 3 is 2.91 bits per heavy atom. The van der Waals surface area contributed by atoms with Crippen molar-refractivity contribution in [3.05, 3.63) is 10.1 Å². The number of hydrogen-bond acceptors (Lipinski definition) is 4. The molecule has 0 aromatic carbocycles. The molecule has 1 aromatic rings. The molecule has 0 aliphatic carbocycles. The molecule has 1 rings (SSSR count). The molecule has 0 aliphatic rings. The Morgan fingerprint density at radius 1 is 1.73 bits per heavy atom. The Bertz CT molecular complexity index is 259. The maximum atomic E-state index is 11.1. The zero-order valence-corrected chi connectivity index (χ0v) is 8.04. The average Bonchev–Trinajstić information content (AvgIpc) is 2.36. The minimum atomic E-state index is -0.269. The fraction of sp³-hybridized carbons (Fsp3) is 0.500. The van der Waals surface area contributed by atoms with Crippen LogP contribution in [0.15, 0.2) is 0 Å². The summed E-state index contributed by atoms with van der Waals surface area (Å²) >= 11 is -0.156. The number of rotatable bonds is 2. The molecule has 0 bridgehead atoms. The molecule has 1 aromatic heterocycles. The van der Waals surface area contributed by atoms with Gasteiger partial charge in [-0.25, -0.2) is 0 Å². The summed E-state index contributed by atoms with van der Waals surface area (Å²) in [6.07, 6.45) is 0. The van der Waals surface area contributed by atoms with Crippen molar-refractivity contribution in [1.82, 2.24) is 9.19 Å². The van der Waals surface area contributed by atoms with E-state index in [0.29, 0.717) is 16.7 Å². The SMILES string of the molecule is CCOC(=O)c1[se]nnc1C. The van der Waals surface area contributed by atoms with Gasteiger partial charge >= 0.3 is 70.0 Å². The summed E-state index contributed by atoms with van der Waals surface area (Å²) in [5.74, 6) is -0.269. The summed E-state index contributed by atoms with van der Waals surface area (Å²) in [5.41, 5.74) is 0.698. The molecule has 0 fully saturated rings. The molecule has 0 amide bonds. The molecule has 0 atom stereocenters. The monoisotopic (exact) mass is 220 g/mol. The van der Waals surface area contributed by atoms with Crippen molar-refractivity contribution >= 4 is 20.7 Å². The van der Waals surface area contributed by atoms with Crippen molar-refractivity contribution in [2.75, 3.05) is 6.61 Å². The Hall–Kier alpha value is -0.671. The van der Waals surface area contributed by atoms with Crippen LogP contribution in [0.2, 0.25) is 0 Å². The first-order valence-corrected chi connectivity index (χ1v) is 4.84. The zero-order chi connectivity index (χ0) is 8.27. The van der Waals surface area contributed by atoms with Gasteiger partial charge in [0.2, 0.25) is 0 Å². The molecule has 11 heavy (non-hydrogen) atoms. The van der Waals surface area contributed by atoms with E-state index in [1.54, 1.807) is 13.8 Å². The number of ether oxygens (including phenoxy) is 1. The Kier molecular flexibility index (Phi) is 2.79. The Morgan fingerprint density at radius 2 is 2.45 bits per heavy atom. The van der Waals surface area contributed by atoms with E-state index in [9.17, 15) is 4.79 Å². The van der Waals surface area contributed by atoms with E-state index in [2.05, 4.69) is 9.19 Å². The van der Waals surface area contributed by atoms with Gasteiger partial charge in [-0.05, 0) is 0 Å². The summed E-state index contributed by atoms with van der Waals surface area (Å²) in [6, 6.07) is 0. The summed E-state index contributed by atoms with van der Waals surface area (Å²) in [6.45, 7) is 3.96. The second-order valence-electron chi connectivity index (χ2n) is 1.91. The van der Waals surface area contributed by atoms with Crippen LogP contribution in [0.3, 0.4) is 0 Å². The van der Waals surface area contributed by atoms with Crippen LogP contribution < -0.4 is 0 Å². The van der Waals surface area contributed by atoms with Gasteiger partial charge in [-0.1, -0.05) is 0 Å². The molecule has 0 radical (unpaired) electrons. The Balaban J connectivity index is 2.76. The minimum absolute atomic E-state index is 0.156. The van der Waals surface area contributed by atoms with Crippen molar-refractivity contribution in [2.24, 2.45) is 0 Å². The van der Waals surface area contributed by atoms with Crippen LogP contribution in [-0.2, 0) is 4.74 Å². The fourth-order valence-corrected chi connectivity index (χ4v) is 1.77. The third-order valence-corrected chi connectivity index (χ3v) is 2.81. The van der Waals surface area contributed by atoms with Crippen molar-refractivity contribution in [2.45, 2.75) is 13.8 Å². The standard InChI is InChI=1S/C6H8N2O2Se/c1-3-10-6(9)5-4(2)7-8-11-5/h3H2,1-2H3. The Labute approximate surface area is 70.6 Å². The fourth-order valence-electron chi connectivity index (χ4n) is 0.616. The second kappa shape index (κ2) is 3.64. The number of nitrogens with zero attached hydrogens (tertiary/aromatic N) is 2. The van der Waals surface area contributed by atoms with E-state index in [1.165, 1.54) is 0 Å². The van der Waals surface area contributed by atoms with Gasteiger partial charge in [-0.3, -0.25) is 0 Å². The van der Waals surface area contributed by atoms with Gasteiger partial charge in [0.15, 0.2) is 0 Å². The molecule has 0 aliphatic heterocycles. The molecule has 60 valence electrons. The van der Waals surface area contributed by atoms with Crippen molar-refractivity contribution < 1.29 is 9.53 Å². The van der Waals surface area contributed by atoms with E-state index in [0.717, 1.165) is 0 Å². The van der Waals surface area contributed by atoms with Crippen LogP contribution in [0.4, 0.5) is 0 Å². The van der Waals surface area contributed by atoms with Crippen LogP contribution in [0, 0.1) is 6.92 Å². The van der Waals surface area contributed by atoms with Crippen LogP contribution >= 0.6 is 0 Å². The molecular formula is C6H8N2O2Se. The summed E-state index contributed by atoms with van der Waals surface area (Å²) < 4.78 is 9.20. The number of carbonyl (C=O) groups is 1. The van der Waals surface area contributed by atoms with E-state index in [-0.39, 0.29) is 20.7 Å². The first kappa shape index (κ1) is 8.43. The van der Waals surface area contributed by atoms with E-state index < -0.39 is 0 Å². The quantitative estimate of drug-likeness (QED) is 0.519. The predicted octanol–water partition coefficient (Wildman–Crippen LogP) is 0.0187. The number of carbonyl (C=O) groups excluding carboxylic acids is 1.